The summed E-state index contributed by atoms with van der Waals surface area (Å²) < 4.78 is 10.9. The van der Waals surface area contributed by atoms with E-state index in [1.165, 1.54) is 33.4 Å². The summed E-state index contributed by atoms with van der Waals surface area (Å²) in [7, 11) is 3.46. The Bertz CT molecular complexity index is 581. The quantitative estimate of drug-likeness (QED) is 0.782. The van der Waals surface area contributed by atoms with Crippen molar-refractivity contribution in [2.75, 3.05) is 14.2 Å². The second-order valence-corrected chi connectivity index (χ2v) is 6.10. The molecule has 0 aliphatic carbocycles. The number of aryl methyl sites for hydroxylation is 4. The summed E-state index contributed by atoms with van der Waals surface area (Å²) in [6, 6.07) is 8.91. The molecule has 118 valence electrons. The van der Waals surface area contributed by atoms with Gasteiger partial charge in [-0.1, -0.05) is 31.2 Å². The van der Waals surface area contributed by atoms with E-state index in [1.54, 1.807) is 14.2 Å². The lowest BCUT2D eigenvalue weighted by Gasteiger charge is -2.19. The van der Waals surface area contributed by atoms with Gasteiger partial charge in [0, 0.05) is 5.92 Å². The fraction of sp³-hybridized carbons (Fsp3) is 0.400. The van der Waals surface area contributed by atoms with E-state index in [0.717, 1.165) is 11.5 Å². The molecule has 0 heterocycles. The Labute approximate surface area is 134 Å². The van der Waals surface area contributed by atoms with Gasteiger partial charge in [-0.25, -0.2) is 0 Å². The molecule has 0 N–H and O–H groups in total. The van der Waals surface area contributed by atoms with Gasteiger partial charge in [0.1, 0.15) is 11.5 Å². The van der Waals surface area contributed by atoms with Gasteiger partial charge in [0.2, 0.25) is 0 Å². The summed E-state index contributed by atoms with van der Waals surface area (Å²) in [6.45, 7) is 10.7. The number of hydrogen-bond donors (Lipinski definition) is 0. The molecule has 0 bridgehead atoms. The molecule has 0 aromatic heterocycles. The van der Waals surface area contributed by atoms with Crippen LogP contribution in [0.2, 0.25) is 0 Å². The first-order chi connectivity index (χ1) is 10.4. The van der Waals surface area contributed by atoms with Crippen LogP contribution in [0.5, 0.6) is 11.5 Å². The van der Waals surface area contributed by atoms with Crippen molar-refractivity contribution in [2.45, 2.75) is 40.5 Å². The molecule has 0 amide bonds. The van der Waals surface area contributed by atoms with Gasteiger partial charge in [0.25, 0.3) is 0 Å². The van der Waals surface area contributed by atoms with Gasteiger partial charge in [-0.15, -0.1) is 0 Å². The maximum Gasteiger partial charge on any atom is 0.124 e. The molecule has 0 saturated heterocycles. The fourth-order valence-corrected chi connectivity index (χ4v) is 3.30. The lowest BCUT2D eigenvalue weighted by Crippen LogP contribution is -2.02. The highest BCUT2D eigenvalue weighted by molar-refractivity contribution is 5.49. The highest BCUT2D eigenvalue weighted by Crippen LogP contribution is 2.34. The monoisotopic (exact) mass is 298 g/mol. The molecule has 2 rings (SSSR count). The highest BCUT2D eigenvalue weighted by atomic mass is 16.5. The third-order valence-electron chi connectivity index (χ3n) is 4.37. The summed E-state index contributed by atoms with van der Waals surface area (Å²) in [5.74, 6) is 2.31. The Morgan fingerprint density at radius 3 is 1.14 bits per heavy atom. The average Bonchev–Trinajstić information content (AvgIpc) is 2.45. The van der Waals surface area contributed by atoms with E-state index in [2.05, 4.69) is 58.9 Å². The van der Waals surface area contributed by atoms with Gasteiger partial charge < -0.3 is 9.47 Å². The van der Waals surface area contributed by atoms with Gasteiger partial charge in [-0.3, -0.25) is 0 Å². The molecule has 2 aromatic rings. The molecule has 2 heteroatoms. The molecule has 0 radical (unpaired) electrons. The summed E-state index contributed by atoms with van der Waals surface area (Å²) in [5, 5.41) is 0. The number of benzene rings is 2. The van der Waals surface area contributed by atoms with E-state index in [1.807, 2.05) is 0 Å². The van der Waals surface area contributed by atoms with E-state index in [0.29, 0.717) is 5.92 Å². The summed E-state index contributed by atoms with van der Waals surface area (Å²) >= 11 is 0. The largest absolute Gasteiger partial charge is 0.496 e. The van der Waals surface area contributed by atoms with Crippen molar-refractivity contribution in [3.63, 3.8) is 0 Å². The zero-order chi connectivity index (χ0) is 16.4. The molecular formula is C20H26O2. The second-order valence-electron chi connectivity index (χ2n) is 6.10. The van der Waals surface area contributed by atoms with Crippen LogP contribution in [0, 0.1) is 27.7 Å². The van der Waals surface area contributed by atoms with Crippen LogP contribution in [0.4, 0.5) is 0 Å². The molecule has 22 heavy (non-hydrogen) atoms. The van der Waals surface area contributed by atoms with Crippen molar-refractivity contribution in [1.29, 1.82) is 0 Å². The van der Waals surface area contributed by atoms with Crippen LogP contribution in [0.15, 0.2) is 24.3 Å². The third-order valence-corrected chi connectivity index (χ3v) is 4.37. The topological polar surface area (TPSA) is 18.5 Å². The Hall–Kier alpha value is -1.96. The maximum absolute atomic E-state index is 5.47. The van der Waals surface area contributed by atoms with Crippen molar-refractivity contribution >= 4 is 0 Å². The first-order valence-corrected chi connectivity index (χ1v) is 7.69. The molecular weight excluding hydrogens is 272 g/mol. The normalized spacial score (nSPS) is 10.9. The lowest BCUT2D eigenvalue weighted by atomic mass is 9.88. The Balaban J connectivity index is 2.46. The zero-order valence-electron chi connectivity index (χ0n) is 14.7. The second kappa shape index (κ2) is 6.43. The first-order valence-electron chi connectivity index (χ1n) is 7.69. The average molecular weight is 298 g/mol. The van der Waals surface area contributed by atoms with Crippen LogP contribution in [-0.2, 0) is 0 Å². The molecule has 0 atom stereocenters. The first kappa shape index (κ1) is 16.4. The van der Waals surface area contributed by atoms with E-state index in [-0.39, 0.29) is 0 Å². The molecule has 2 aromatic carbocycles. The predicted molar refractivity (Wildman–Crippen MR) is 92.5 cm³/mol. The maximum atomic E-state index is 5.47. The van der Waals surface area contributed by atoms with Gasteiger partial charge in [-0.05, 0) is 61.1 Å². The van der Waals surface area contributed by atoms with Crippen molar-refractivity contribution in [3.8, 4) is 11.5 Å². The van der Waals surface area contributed by atoms with E-state index in [4.69, 9.17) is 9.47 Å². The smallest absolute Gasteiger partial charge is 0.124 e. The van der Waals surface area contributed by atoms with Crippen LogP contribution in [0.3, 0.4) is 0 Å². The minimum absolute atomic E-state index is 0.339. The minimum atomic E-state index is 0.339. The van der Waals surface area contributed by atoms with Gasteiger partial charge >= 0.3 is 0 Å². The van der Waals surface area contributed by atoms with Gasteiger partial charge in [0.15, 0.2) is 0 Å². The van der Waals surface area contributed by atoms with Gasteiger partial charge in [-0.2, -0.15) is 0 Å². The molecule has 0 aliphatic rings. The summed E-state index contributed by atoms with van der Waals surface area (Å²) in [5.41, 5.74) is 7.38. The van der Waals surface area contributed by atoms with Crippen molar-refractivity contribution in [2.24, 2.45) is 0 Å². The molecule has 0 unspecified atom stereocenters. The molecule has 0 saturated carbocycles. The van der Waals surface area contributed by atoms with E-state index in [9.17, 15) is 0 Å². The fourth-order valence-electron chi connectivity index (χ4n) is 3.30. The number of ether oxygens (including phenoxy) is 2. The molecule has 2 nitrogen and oxygen atoms in total. The standard InChI is InChI=1S/C20H26O2/c1-12-8-17(9-13(2)19(12)21-6)16(5)18-10-14(3)20(22-7)15(4)11-18/h8-11,16H,1-7H3. The lowest BCUT2D eigenvalue weighted by molar-refractivity contribution is 0.408. The highest BCUT2D eigenvalue weighted by Gasteiger charge is 2.15. The molecule has 0 aliphatic heterocycles. The predicted octanol–water partition coefficient (Wildman–Crippen LogP) is 5.09. The van der Waals surface area contributed by atoms with Crippen molar-refractivity contribution in [3.05, 3.63) is 57.6 Å². The summed E-state index contributed by atoms with van der Waals surface area (Å²) in [6.07, 6.45) is 0. The zero-order valence-corrected chi connectivity index (χ0v) is 14.7. The SMILES string of the molecule is COc1c(C)cc(C(C)c2cc(C)c(OC)c(C)c2)cc1C. The Morgan fingerprint density at radius 2 is 0.909 bits per heavy atom. The Kier molecular flexibility index (Phi) is 4.80. The van der Waals surface area contributed by atoms with Crippen LogP contribution in [0.1, 0.15) is 46.2 Å². The van der Waals surface area contributed by atoms with E-state index >= 15 is 0 Å². The van der Waals surface area contributed by atoms with Crippen LogP contribution in [0.25, 0.3) is 0 Å². The number of hydrogen-bond acceptors (Lipinski definition) is 2. The Morgan fingerprint density at radius 1 is 0.636 bits per heavy atom. The molecule has 0 spiro atoms. The number of rotatable bonds is 4. The van der Waals surface area contributed by atoms with Gasteiger partial charge in [0.05, 0.1) is 14.2 Å². The summed E-state index contributed by atoms with van der Waals surface area (Å²) in [4.78, 5) is 0. The number of methoxy groups -OCH3 is 2. The van der Waals surface area contributed by atoms with Crippen molar-refractivity contribution < 1.29 is 9.47 Å². The minimum Gasteiger partial charge on any atom is -0.496 e. The van der Waals surface area contributed by atoms with Crippen LogP contribution in [-0.4, -0.2) is 14.2 Å². The van der Waals surface area contributed by atoms with E-state index < -0.39 is 0 Å². The molecule has 0 fully saturated rings. The van der Waals surface area contributed by atoms with Crippen molar-refractivity contribution in [1.82, 2.24) is 0 Å². The third kappa shape index (κ3) is 2.96. The van der Waals surface area contributed by atoms with Crippen LogP contribution >= 0.6 is 0 Å². The van der Waals surface area contributed by atoms with Crippen LogP contribution < -0.4 is 9.47 Å².